The van der Waals surface area contributed by atoms with Crippen LogP contribution in [0.15, 0.2) is 6.07 Å². The predicted octanol–water partition coefficient (Wildman–Crippen LogP) is 3.13. The second-order valence-corrected chi connectivity index (χ2v) is 5.10. The van der Waals surface area contributed by atoms with E-state index in [1.54, 1.807) is 13.0 Å². The minimum Gasteiger partial charge on any atom is -0.465 e. The van der Waals surface area contributed by atoms with Crippen LogP contribution in [0.5, 0.6) is 0 Å². The number of ether oxygens (including phenoxy) is 1. The number of hydrogen-bond acceptors (Lipinski definition) is 3. The van der Waals surface area contributed by atoms with E-state index in [9.17, 15) is 4.79 Å². The smallest absolute Gasteiger partial charge is 0.341 e. The number of aromatic nitrogens is 1. The normalized spacial score (nSPS) is 11.4. The number of hydrogen-bond donors (Lipinski definition) is 0. The van der Waals surface area contributed by atoms with E-state index >= 15 is 0 Å². The highest BCUT2D eigenvalue weighted by Crippen LogP contribution is 2.27. The highest BCUT2D eigenvalue weighted by Gasteiger charge is 2.21. The fourth-order valence-corrected chi connectivity index (χ4v) is 1.68. The molecule has 0 atom stereocenters. The Hall–Kier alpha value is -1.09. The van der Waals surface area contributed by atoms with Gasteiger partial charge >= 0.3 is 5.97 Å². The standard InChI is InChI=1S/C12H16ClNO2/c1-7-10(11(15)16-5)8(13)6-9(14-7)12(2,3)4/h6H,1-5H3. The molecule has 1 aromatic heterocycles. The van der Waals surface area contributed by atoms with Gasteiger partial charge in [-0.15, -0.1) is 0 Å². The number of halogens is 1. The van der Waals surface area contributed by atoms with Gasteiger partial charge in [0.15, 0.2) is 0 Å². The van der Waals surface area contributed by atoms with Crippen molar-refractivity contribution in [1.29, 1.82) is 0 Å². The molecule has 0 bridgehead atoms. The Labute approximate surface area is 101 Å². The minimum absolute atomic E-state index is 0.0942. The number of carbonyl (C=O) groups is 1. The van der Waals surface area contributed by atoms with Crippen molar-refractivity contribution < 1.29 is 9.53 Å². The molecule has 1 aromatic rings. The van der Waals surface area contributed by atoms with Crippen LogP contribution in [0.1, 0.15) is 42.5 Å². The lowest BCUT2D eigenvalue weighted by Gasteiger charge is -2.19. The van der Waals surface area contributed by atoms with Crippen molar-refractivity contribution in [3.8, 4) is 0 Å². The second kappa shape index (κ2) is 4.42. The molecule has 88 valence electrons. The van der Waals surface area contributed by atoms with Gasteiger partial charge in [-0.3, -0.25) is 4.98 Å². The zero-order chi connectivity index (χ0) is 12.5. The molecular weight excluding hydrogens is 226 g/mol. The van der Waals surface area contributed by atoms with Gasteiger partial charge in [0.1, 0.15) is 0 Å². The van der Waals surface area contributed by atoms with Crippen LogP contribution in [0.2, 0.25) is 5.02 Å². The predicted molar refractivity (Wildman–Crippen MR) is 64.0 cm³/mol. The lowest BCUT2D eigenvalue weighted by molar-refractivity contribution is 0.0599. The minimum atomic E-state index is -0.449. The summed E-state index contributed by atoms with van der Waals surface area (Å²) in [5.41, 5.74) is 1.72. The molecule has 16 heavy (non-hydrogen) atoms. The van der Waals surface area contributed by atoms with Gasteiger partial charge in [-0.1, -0.05) is 32.4 Å². The van der Waals surface area contributed by atoms with Crippen molar-refractivity contribution >= 4 is 17.6 Å². The summed E-state index contributed by atoms with van der Waals surface area (Å²) >= 11 is 6.07. The number of carbonyl (C=O) groups excluding carboxylic acids is 1. The number of esters is 1. The van der Waals surface area contributed by atoms with Gasteiger partial charge in [0.05, 0.1) is 23.4 Å². The molecule has 4 heteroatoms. The quantitative estimate of drug-likeness (QED) is 0.709. The highest BCUT2D eigenvalue weighted by atomic mass is 35.5. The van der Waals surface area contributed by atoms with Crippen molar-refractivity contribution in [1.82, 2.24) is 4.98 Å². The summed E-state index contributed by atoms with van der Waals surface area (Å²) in [6.45, 7) is 7.89. The fraction of sp³-hybridized carbons (Fsp3) is 0.500. The molecule has 0 aliphatic heterocycles. The van der Waals surface area contributed by atoms with E-state index in [0.717, 1.165) is 5.69 Å². The fourth-order valence-electron chi connectivity index (χ4n) is 1.37. The Morgan fingerprint density at radius 2 is 2.00 bits per heavy atom. The summed E-state index contributed by atoms with van der Waals surface area (Å²) in [6.07, 6.45) is 0. The first-order valence-electron chi connectivity index (χ1n) is 5.03. The second-order valence-electron chi connectivity index (χ2n) is 4.69. The number of methoxy groups -OCH3 is 1. The maximum Gasteiger partial charge on any atom is 0.341 e. The Balaban J connectivity index is 3.34. The van der Waals surface area contributed by atoms with E-state index in [1.807, 2.05) is 20.8 Å². The summed E-state index contributed by atoms with van der Waals surface area (Å²) in [5, 5.41) is 0.393. The average molecular weight is 242 g/mol. The zero-order valence-corrected chi connectivity index (χ0v) is 11.0. The molecule has 0 fully saturated rings. The van der Waals surface area contributed by atoms with Crippen LogP contribution in [-0.2, 0) is 10.2 Å². The number of rotatable bonds is 1. The molecule has 1 rings (SSSR count). The van der Waals surface area contributed by atoms with Crippen molar-refractivity contribution in [3.63, 3.8) is 0 Å². The summed E-state index contributed by atoms with van der Waals surface area (Å²) in [6, 6.07) is 1.72. The Morgan fingerprint density at radius 1 is 1.44 bits per heavy atom. The van der Waals surface area contributed by atoms with Crippen LogP contribution in [0, 0.1) is 6.92 Å². The molecule has 1 heterocycles. The van der Waals surface area contributed by atoms with E-state index in [4.69, 9.17) is 11.6 Å². The molecular formula is C12H16ClNO2. The van der Waals surface area contributed by atoms with Gasteiger partial charge in [0, 0.05) is 11.1 Å². The van der Waals surface area contributed by atoms with Gasteiger partial charge in [-0.25, -0.2) is 4.79 Å². The summed E-state index contributed by atoms with van der Waals surface area (Å²) in [7, 11) is 1.33. The molecule has 0 saturated carbocycles. The van der Waals surface area contributed by atoms with Gasteiger partial charge in [0.2, 0.25) is 0 Å². The molecule has 0 spiro atoms. The topological polar surface area (TPSA) is 39.2 Å². The van der Waals surface area contributed by atoms with Crippen molar-refractivity contribution in [2.45, 2.75) is 33.1 Å². The number of aryl methyl sites for hydroxylation is 1. The van der Waals surface area contributed by atoms with Crippen LogP contribution in [0.4, 0.5) is 0 Å². The molecule has 0 aliphatic carbocycles. The zero-order valence-electron chi connectivity index (χ0n) is 10.2. The van der Waals surface area contributed by atoms with Gasteiger partial charge in [-0.2, -0.15) is 0 Å². The first-order chi connectivity index (χ1) is 7.27. The average Bonchev–Trinajstić information content (AvgIpc) is 2.14. The molecule has 0 saturated heterocycles. The van der Waals surface area contributed by atoms with Gasteiger partial charge in [0.25, 0.3) is 0 Å². The van der Waals surface area contributed by atoms with Crippen molar-refractivity contribution in [2.24, 2.45) is 0 Å². The monoisotopic (exact) mass is 241 g/mol. The molecule has 3 nitrogen and oxygen atoms in total. The Kier molecular flexibility index (Phi) is 3.58. The maximum atomic E-state index is 11.5. The van der Waals surface area contributed by atoms with E-state index in [0.29, 0.717) is 16.3 Å². The Bertz CT molecular complexity index is 399. The number of pyridine rings is 1. The largest absolute Gasteiger partial charge is 0.465 e. The van der Waals surface area contributed by atoms with Crippen LogP contribution in [-0.4, -0.2) is 18.1 Å². The SMILES string of the molecule is COC(=O)c1c(Cl)cc(C(C)(C)C)nc1C. The van der Waals surface area contributed by atoms with Crippen LogP contribution in [0.3, 0.4) is 0 Å². The molecule has 0 aliphatic rings. The third kappa shape index (κ3) is 2.53. The molecule has 0 unspecified atom stereocenters. The lowest BCUT2D eigenvalue weighted by Crippen LogP contribution is -2.16. The Morgan fingerprint density at radius 3 is 2.38 bits per heavy atom. The number of nitrogens with zero attached hydrogens (tertiary/aromatic N) is 1. The van der Waals surface area contributed by atoms with E-state index in [2.05, 4.69) is 9.72 Å². The first-order valence-corrected chi connectivity index (χ1v) is 5.41. The molecule has 0 aromatic carbocycles. The molecule has 0 radical (unpaired) electrons. The molecule has 0 amide bonds. The van der Waals surface area contributed by atoms with Crippen molar-refractivity contribution in [3.05, 3.63) is 28.0 Å². The summed E-state index contributed by atoms with van der Waals surface area (Å²) in [4.78, 5) is 15.9. The molecule has 0 N–H and O–H groups in total. The van der Waals surface area contributed by atoms with E-state index in [1.165, 1.54) is 7.11 Å². The van der Waals surface area contributed by atoms with Gasteiger partial charge in [-0.05, 0) is 13.0 Å². The first kappa shape index (κ1) is 13.0. The van der Waals surface area contributed by atoms with Crippen LogP contribution < -0.4 is 0 Å². The van der Waals surface area contributed by atoms with Crippen molar-refractivity contribution in [2.75, 3.05) is 7.11 Å². The van der Waals surface area contributed by atoms with E-state index in [-0.39, 0.29) is 5.41 Å². The maximum absolute atomic E-state index is 11.5. The van der Waals surface area contributed by atoms with E-state index < -0.39 is 5.97 Å². The summed E-state index contributed by atoms with van der Waals surface area (Å²) < 4.78 is 4.66. The third-order valence-electron chi connectivity index (χ3n) is 2.31. The lowest BCUT2D eigenvalue weighted by atomic mass is 9.91. The highest BCUT2D eigenvalue weighted by molar-refractivity contribution is 6.33. The summed E-state index contributed by atoms with van der Waals surface area (Å²) in [5.74, 6) is -0.449. The van der Waals surface area contributed by atoms with Crippen LogP contribution >= 0.6 is 11.6 Å². The third-order valence-corrected chi connectivity index (χ3v) is 2.61. The van der Waals surface area contributed by atoms with Gasteiger partial charge < -0.3 is 4.74 Å². The van der Waals surface area contributed by atoms with Crippen LogP contribution in [0.25, 0.3) is 0 Å².